The van der Waals surface area contributed by atoms with Gasteiger partial charge in [0.05, 0.1) is 16.3 Å². The van der Waals surface area contributed by atoms with E-state index < -0.39 is 11.1 Å². The van der Waals surface area contributed by atoms with E-state index in [1.165, 1.54) is 12.1 Å². The monoisotopic (exact) mass is 484 g/mol. The number of likely N-dealkylation sites (tertiary alicyclic amines) is 1. The van der Waals surface area contributed by atoms with Gasteiger partial charge in [0.1, 0.15) is 12.3 Å². The maximum absolute atomic E-state index is 12.7. The highest BCUT2D eigenvalue weighted by Crippen LogP contribution is 2.35. The largest absolute Gasteiger partial charge is 0.507 e. The van der Waals surface area contributed by atoms with Crippen molar-refractivity contribution in [2.45, 2.75) is 19.8 Å². The van der Waals surface area contributed by atoms with Crippen LogP contribution in [0.1, 0.15) is 24.0 Å². The molecule has 0 unspecified atom stereocenters. The van der Waals surface area contributed by atoms with Gasteiger partial charge in [0.15, 0.2) is 0 Å². The number of carbonyl (C=O) groups excluding carboxylic acids is 3. The average Bonchev–Trinajstić information content (AvgIpc) is 3.41. The van der Waals surface area contributed by atoms with Gasteiger partial charge < -0.3 is 10.0 Å². The summed E-state index contributed by atoms with van der Waals surface area (Å²) in [7, 11) is 0. The zero-order valence-corrected chi connectivity index (χ0v) is 19.4. The van der Waals surface area contributed by atoms with Crippen molar-refractivity contribution in [2.24, 2.45) is 10.2 Å². The van der Waals surface area contributed by atoms with Crippen molar-refractivity contribution in [1.29, 1.82) is 0 Å². The van der Waals surface area contributed by atoms with Gasteiger partial charge in [-0.25, -0.2) is 0 Å². The Morgan fingerprint density at radius 2 is 1.79 bits per heavy atom. The highest BCUT2D eigenvalue weighted by molar-refractivity contribution is 8.18. The minimum absolute atomic E-state index is 0.0766. The van der Waals surface area contributed by atoms with E-state index >= 15 is 0 Å². The van der Waals surface area contributed by atoms with Crippen LogP contribution in [0, 0.1) is 6.92 Å². The minimum atomic E-state index is -0.557. The summed E-state index contributed by atoms with van der Waals surface area (Å²) >= 11 is 6.85. The molecule has 2 fully saturated rings. The molecule has 3 amide bonds. The number of azo groups is 1. The number of halogens is 1. The molecule has 2 heterocycles. The number of phenolic OH excluding ortho intramolecular Hbond substituents is 1. The zero-order valence-electron chi connectivity index (χ0n) is 17.8. The molecule has 1 N–H and O–H groups in total. The first kappa shape index (κ1) is 23.0. The Bertz CT molecular complexity index is 1190. The second-order valence-electron chi connectivity index (χ2n) is 7.73. The predicted molar refractivity (Wildman–Crippen MR) is 127 cm³/mol. The van der Waals surface area contributed by atoms with Gasteiger partial charge in [-0.15, -0.1) is 0 Å². The number of rotatable bonds is 5. The zero-order chi connectivity index (χ0) is 23.5. The smallest absolute Gasteiger partial charge is 0.294 e. The highest BCUT2D eigenvalue weighted by Gasteiger charge is 2.37. The number of hydrogen-bond acceptors (Lipinski definition) is 7. The predicted octanol–water partition coefficient (Wildman–Crippen LogP) is 5.43. The molecule has 2 aliphatic heterocycles. The van der Waals surface area contributed by atoms with E-state index in [1.807, 2.05) is 13.0 Å². The number of thioether (sulfide) groups is 1. The molecular weight excluding hydrogens is 464 g/mol. The highest BCUT2D eigenvalue weighted by atomic mass is 35.5. The fraction of sp³-hybridized carbons (Fsp3) is 0.261. The first-order valence-electron chi connectivity index (χ1n) is 10.4. The van der Waals surface area contributed by atoms with Crippen molar-refractivity contribution < 1.29 is 19.5 Å². The third-order valence-electron chi connectivity index (χ3n) is 5.36. The first-order chi connectivity index (χ1) is 15.8. The maximum atomic E-state index is 12.7. The molecule has 170 valence electrons. The topological polar surface area (TPSA) is 103 Å². The molecule has 2 aliphatic rings. The lowest BCUT2D eigenvalue weighted by molar-refractivity contribution is -0.135. The number of phenols is 1. The molecule has 0 bridgehead atoms. The second-order valence-corrected chi connectivity index (χ2v) is 9.13. The molecule has 0 aromatic heterocycles. The van der Waals surface area contributed by atoms with Gasteiger partial charge in [0, 0.05) is 23.7 Å². The lowest BCUT2D eigenvalue weighted by atomic mass is 10.1. The van der Waals surface area contributed by atoms with Crippen molar-refractivity contribution in [3.05, 3.63) is 57.5 Å². The Morgan fingerprint density at radius 3 is 2.48 bits per heavy atom. The lowest BCUT2D eigenvalue weighted by Crippen LogP contribution is -2.40. The van der Waals surface area contributed by atoms with E-state index in [0.717, 1.165) is 35.1 Å². The number of imide groups is 1. The van der Waals surface area contributed by atoms with E-state index in [0.29, 0.717) is 35.1 Å². The van der Waals surface area contributed by atoms with Crippen molar-refractivity contribution in [3.8, 4) is 5.75 Å². The van der Waals surface area contributed by atoms with Gasteiger partial charge >= 0.3 is 0 Å². The van der Waals surface area contributed by atoms with E-state index in [4.69, 9.17) is 11.6 Å². The number of carbonyl (C=O) groups is 3. The number of hydrogen-bond donors (Lipinski definition) is 1. The van der Waals surface area contributed by atoms with Crippen molar-refractivity contribution in [3.63, 3.8) is 0 Å². The number of nitrogens with zero attached hydrogens (tertiary/aromatic N) is 4. The molecule has 33 heavy (non-hydrogen) atoms. The first-order valence-corrected chi connectivity index (χ1v) is 11.6. The van der Waals surface area contributed by atoms with Crippen LogP contribution in [0.5, 0.6) is 5.75 Å². The fourth-order valence-corrected chi connectivity index (χ4v) is 4.46. The molecule has 0 radical (unpaired) electrons. The van der Waals surface area contributed by atoms with E-state index in [2.05, 4.69) is 10.2 Å². The molecule has 10 heteroatoms. The molecule has 2 aromatic carbocycles. The van der Waals surface area contributed by atoms with Crippen LogP contribution in [0.2, 0.25) is 5.02 Å². The molecule has 8 nitrogen and oxygen atoms in total. The molecular formula is C23H21ClN4O4S. The number of benzene rings is 2. The maximum Gasteiger partial charge on any atom is 0.294 e. The third-order valence-corrected chi connectivity index (χ3v) is 6.67. The molecule has 0 aliphatic carbocycles. The van der Waals surface area contributed by atoms with Gasteiger partial charge in [0.2, 0.25) is 5.91 Å². The molecule has 0 spiro atoms. The SMILES string of the molecule is Cc1ccc(N=Nc2ccc(O)c(/C=C3\SC(=O)N(CC(=O)N4CCCC4)C3=O)c2)cc1Cl. The second kappa shape index (κ2) is 9.76. The summed E-state index contributed by atoms with van der Waals surface area (Å²) < 4.78 is 0. The van der Waals surface area contributed by atoms with Crippen LogP contribution in [0.25, 0.3) is 6.08 Å². The Hall–Kier alpha value is -3.17. The van der Waals surface area contributed by atoms with E-state index in [9.17, 15) is 19.5 Å². The van der Waals surface area contributed by atoms with Gasteiger partial charge in [0.25, 0.3) is 11.1 Å². The Balaban J connectivity index is 1.51. The molecule has 4 rings (SSSR count). The molecule has 0 saturated carbocycles. The van der Waals surface area contributed by atoms with Gasteiger partial charge in [-0.05, 0) is 73.5 Å². The van der Waals surface area contributed by atoms with Gasteiger partial charge in [-0.2, -0.15) is 10.2 Å². The summed E-state index contributed by atoms with van der Waals surface area (Å²) in [6.45, 7) is 2.91. The lowest BCUT2D eigenvalue weighted by Gasteiger charge is -2.18. The number of aromatic hydroxyl groups is 1. The number of aryl methyl sites for hydroxylation is 1. The molecule has 2 aromatic rings. The Morgan fingerprint density at radius 1 is 1.12 bits per heavy atom. The van der Waals surface area contributed by atoms with Crippen LogP contribution in [0.4, 0.5) is 16.2 Å². The van der Waals surface area contributed by atoms with E-state index in [-0.39, 0.29) is 23.1 Å². The number of amides is 3. The molecule has 0 atom stereocenters. The Labute approximate surface area is 199 Å². The van der Waals surface area contributed by atoms with Crippen LogP contribution >= 0.6 is 23.4 Å². The van der Waals surface area contributed by atoms with Crippen molar-refractivity contribution in [1.82, 2.24) is 9.80 Å². The van der Waals surface area contributed by atoms with Gasteiger partial charge in [-0.3, -0.25) is 19.3 Å². The van der Waals surface area contributed by atoms with Crippen LogP contribution < -0.4 is 0 Å². The quantitative estimate of drug-likeness (QED) is 0.450. The van der Waals surface area contributed by atoms with Crippen LogP contribution in [0.3, 0.4) is 0 Å². The third kappa shape index (κ3) is 5.26. The normalized spacial score (nSPS) is 17.7. The minimum Gasteiger partial charge on any atom is -0.507 e. The van der Waals surface area contributed by atoms with Crippen LogP contribution in [0.15, 0.2) is 51.5 Å². The Kier molecular flexibility index (Phi) is 6.80. The summed E-state index contributed by atoms with van der Waals surface area (Å²) in [4.78, 5) is 40.2. The standard InChI is InChI=1S/C23H21ClN4O4S/c1-14-4-5-17(12-18(14)24)26-25-16-6-7-19(29)15(10-16)11-20-22(31)28(23(32)33-20)13-21(30)27-8-2-3-9-27/h4-7,10-12,29H,2-3,8-9,13H2,1H3/b20-11-,26-25?. The molecule has 2 saturated heterocycles. The van der Waals surface area contributed by atoms with Crippen molar-refractivity contribution >= 4 is 57.9 Å². The van der Waals surface area contributed by atoms with Crippen LogP contribution in [-0.2, 0) is 9.59 Å². The van der Waals surface area contributed by atoms with Crippen LogP contribution in [-0.4, -0.2) is 51.6 Å². The summed E-state index contributed by atoms with van der Waals surface area (Å²) in [5.41, 5.74) is 2.26. The van der Waals surface area contributed by atoms with Gasteiger partial charge in [-0.1, -0.05) is 17.7 Å². The summed E-state index contributed by atoms with van der Waals surface area (Å²) in [5.74, 6) is -0.872. The fourth-order valence-electron chi connectivity index (χ4n) is 3.46. The summed E-state index contributed by atoms with van der Waals surface area (Å²) in [5, 5.41) is 18.6. The summed E-state index contributed by atoms with van der Waals surface area (Å²) in [6.07, 6.45) is 3.28. The van der Waals surface area contributed by atoms with E-state index in [1.54, 1.807) is 29.2 Å². The van der Waals surface area contributed by atoms with Crippen molar-refractivity contribution in [2.75, 3.05) is 19.6 Å². The summed E-state index contributed by atoms with van der Waals surface area (Å²) in [6, 6.07) is 9.88. The average molecular weight is 485 g/mol.